The Bertz CT molecular complexity index is 1150. The second-order valence-corrected chi connectivity index (χ2v) is 8.53. The van der Waals surface area contributed by atoms with Crippen LogP contribution in [-0.4, -0.2) is 21.5 Å². The molecule has 0 saturated carbocycles. The largest absolute Gasteiger partial charge is 0.358 e. The fourth-order valence-electron chi connectivity index (χ4n) is 3.50. The Labute approximate surface area is 183 Å². The maximum absolute atomic E-state index is 13.8. The van der Waals surface area contributed by atoms with Gasteiger partial charge in [0, 0.05) is 33.7 Å². The van der Waals surface area contributed by atoms with Crippen LogP contribution in [0.3, 0.4) is 0 Å². The molecule has 2 aromatic carbocycles. The summed E-state index contributed by atoms with van der Waals surface area (Å²) in [5, 5.41) is 6.71. The smallest absolute Gasteiger partial charge is 0.173 e. The quantitative estimate of drug-likeness (QED) is 0.346. The fourth-order valence-corrected chi connectivity index (χ4v) is 4.50. The predicted octanol–water partition coefficient (Wildman–Crippen LogP) is 6.26. The highest BCUT2D eigenvalue weighted by Gasteiger charge is 2.15. The SMILES string of the molecule is Cc1[nH]c2ccc(F)cc2c1CCN(Cc1cccs1)C(=S)Nc1ccc(F)cc1. The molecule has 0 amide bonds. The van der Waals surface area contributed by atoms with E-state index in [1.807, 2.05) is 18.4 Å². The van der Waals surface area contributed by atoms with Crippen molar-refractivity contribution in [2.24, 2.45) is 0 Å². The van der Waals surface area contributed by atoms with Crippen molar-refractivity contribution in [2.75, 3.05) is 11.9 Å². The van der Waals surface area contributed by atoms with Crippen LogP contribution in [0.25, 0.3) is 10.9 Å². The van der Waals surface area contributed by atoms with Gasteiger partial charge in [-0.2, -0.15) is 0 Å². The Morgan fingerprint density at radius 2 is 1.87 bits per heavy atom. The van der Waals surface area contributed by atoms with Crippen LogP contribution in [-0.2, 0) is 13.0 Å². The summed E-state index contributed by atoms with van der Waals surface area (Å²) in [4.78, 5) is 6.61. The highest BCUT2D eigenvalue weighted by Crippen LogP contribution is 2.24. The highest BCUT2D eigenvalue weighted by atomic mass is 32.1. The van der Waals surface area contributed by atoms with Gasteiger partial charge in [-0.05, 0) is 85.0 Å². The zero-order valence-corrected chi connectivity index (χ0v) is 18.0. The molecule has 0 aliphatic heterocycles. The number of rotatable bonds is 6. The molecule has 0 aliphatic rings. The lowest BCUT2D eigenvalue weighted by Crippen LogP contribution is -2.35. The summed E-state index contributed by atoms with van der Waals surface area (Å²) in [6.45, 7) is 3.33. The third kappa shape index (κ3) is 4.68. The van der Waals surface area contributed by atoms with E-state index in [4.69, 9.17) is 12.2 Å². The van der Waals surface area contributed by atoms with Crippen molar-refractivity contribution in [3.8, 4) is 0 Å². The summed E-state index contributed by atoms with van der Waals surface area (Å²) in [6, 6.07) is 15.0. The molecule has 0 aliphatic carbocycles. The molecule has 0 atom stereocenters. The molecule has 7 heteroatoms. The molecule has 2 N–H and O–H groups in total. The van der Waals surface area contributed by atoms with E-state index < -0.39 is 0 Å². The van der Waals surface area contributed by atoms with Gasteiger partial charge < -0.3 is 15.2 Å². The molecule has 4 aromatic rings. The number of thiophene rings is 1. The Kier molecular flexibility index (Phi) is 6.11. The van der Waals surface area contributed by atoms with Gasteiger partial charge in [-0.3, -0.25) is 0 Å². The molecule has 3 nitrogen and oxygen atoms in total. The van der Waals surface area contributed by atoms with Gasteiger partial charge in [0.25, 0.3) is 0 Å². The van der Waals surface area contributed by atoms with Crippen LogP contribution in [0.15, 0.2) is 60.0 Å². The van der Waals surface area contributed by atoms with Gasteiger partial charge in [0.1, 0.15) is 11.6 Å². The minimum absolute atomic E-state index is 0.244. The Morgan fingerprint density at radius 1 is 1.10 bits per heavy atom. The molecule has 154 valence electrons. The van der Waals surface area contributed by atoms with Crippen LogP contribution in [0.4, 0.5) is 14.5 Å². The zero-order chi connectivity index (χ0) is 21.1. The molecular formula is C23H21F2N3S2. The molecule has 0 bridgehead atoms. The number of nitrogens with one attached hydrogen (secondary N) is 2. The number of hydrogen-bond acceptors (Lipinski definition) is 2. The highest BCUT2D eigenvalue weighted by molar-refractivity contribution is 7.80. The van der Waals surface area contributed by atoms with Crippen LogP contribution in [0.5, 0.6) is 0 Å². The van der Waals surface area contributed by atoms with Crippen LogP contribution < -0.4 is 5.32 Å². The molecule has 0 saturated heterocycles. The van der Waals surface area contributed by atoms with E-state index in [9.17, 15) is 8.78 Å². The minimum Gasteiger partial charge on any atom is -0.358 e. The Hall–Kier alpha value is -2.77. The summed E-state index contributed by atoms with van der Waals surface area (Å²) in [5.41, 5.74) is 3.79. The second-order valence-electron chi connectivity index (χ2n) is 7.11. The maximum Gasteiger partial charge on any atom is 0.173 e. The van der Waals surface area contributed by atoms with Gasteiger partial charge in [-0.1, -0.05) is 6.07 Å². The molecule has 30 heavy (non-hydrogen) atoms. The number of benzene rings is 2. The van der Waals surface area contributed by atoms with Crippen LogP contribution >= 0.6 is 23.6 Å². The number of hydrogen-bond donors (Lipinski definition) is 2. The first-order valence-corrected chi connectivity index (χ1v) is 10.9. The van der Waals surface area contributed by atoms with Gasteiger partial charge in [0.2, 0.25) is 0 Å². The summed E-state index contributed by atoms with van der Waals surface area (Å²) >= 11 is 7.34. The number of aryl methyl sites for hydroxylation is 1. The summed E-state index contributed by atoms with van der Waals surface area (Å²) in [5.74, 6) is -0.532. The molecule has 4 rings (SSSR count). The lowest BCUT2D eigenvalue weighted by molar-refractivity contribution is 0.427. The average molecular weight is 442 g/mol. The molecule has 0 radical (unpaired) electrons. The topological polar surface area (TPSA) is 31.1 Å². The van der Waals surface area contributed by atoms with Crippen molar-refractivity contribution >= 4 is 45.3 Å². The van der Waals surface area contributed by atoms with Crippen LogP contribution in [0, 0.1) is 18.6 Å². The normalized spacial score (nSPS) is 11.0. The molecule has 0 unspecified atom stereocenters. The minimum atomic E-state index is -0.288. The lowest BCUT2D eigenvalue weighted by atomic mass is 10.1. The van der Waals surface area contributed by atoms with E-state index in [2.05, 4.69) is 21.3 Å². The van der Waals surface area contributed by atoms with E-state index in [-0.39, 0.29) is 11.6 Å². The first kappa shape index (κ1) is 20.5. The number of aromatic nitrogens is 1. The summed E-state index contributed by atoms with van der Waals surface area (Å²) < 4.78 is 27.0. The third-order valence-corrected chi connectivity index (χ3v) is 6.24. The predicted molar refractivity (Wildman–Crippen MR) is 124 cm³/mol. The molecule has 2 aromatic heterocycles. The number of nitrogens with zero attached hydrogens (tertiary/aromatic N) is 1. The van der Waals surface area contributed by atoms with Crippen molar-refractivity contribution < 1.29 is 8.78 Å². The third-order valence-electron chi connectivity index (χ3n) is 5.02. The van der Waals surface area contributed by atoms with E-state index in [1.54, 1.807) is 35.6 Å². The maximum atomic E-state index is 13.8. The van der Waals surface area contributed by atoms with E-state index in [0.717, 1.165) is 27.8 Å². The van der Waals surface area contributed by atoms with E-state index >= 15 is 0 Å². The monoisotopic (exact) mass is 441 g/mol. The summed E-state index contributed by atoms with van der Waals surface area (Å²) in [6.07, 6.45) is 0.714. The van der Waals surface area contributed by atoms with Crippen molar-refractivity contribution in [3.63, 3.8) is 0 Å². The molecule has 0 fully saturated rings. The number of fused-ring (bicyclic) bond motifs is 1. The first-order valence-electron chi connectivity index (χ1n) is 9.60. The fraction of sp³-hybridized carbons (Fsp3) is 0.174. The van der Waals surface area contributed by atoms with Gasteiger partial charge in [-0.25, -0.2) is 8.78 Å². The number of halogens is 2. The van der Waals surface area contributed by atoms with Crippen molar-refractivity contribution in [1.82, 2.24) is 9.88 Å². The second kappa shape index (κ2) is 8.93. The number of thiocarbonyl (C=S) groups is 1. The summed E-state index contributed by atoms with van der Waals surface area (Å²) in [7, 11) is 0. The number of aromatic amines is 1. The molecular weight excluding hydrogens is 420 g/mol. The van der Waals surface area contributed by atoms with Gasteiger partial charge in [0.15, 0.2) is 5.11 Å². The van der Waals surface area contributed by atoms with Crippen molar-refractivity contribution in [1.29, 1.82) is 0 Å². The zero-order valence-electron chi connectivity index (χ0n) is 16.4. The van der Waals surface area contributed by atoms with Gasteiger partial charge >= 0.3 is 0 Å². The van der Waals surface area contributed by atoms with Crippen molar-refractivity contribution in [3.05, 3.63) is 87.7 Å². The Morgan fingerprint density at radius 3 is 2.60 bits per heavy atom. The van der Waals surface area contributed by atoms with E-state index in [1.165, 1.54) is 23.1 Å². The Balaban J connectivity index is 1.54. The van der Waals surface area contributed by atoms with Gasteiger partial charge in [0.05, 0.1) is 6.54 Å². The van der Waals surface area contributed by atoms with Crippen LogP contribution in [0.1, 0.15) is 16.1 Å². The van der Waals surface area contributed by atoms with E-state index in [0.29, 0.717) is 24.6 Å². The lowest BCUT2D eigenvalue weighted by Gasteiger charge is -2.25. The standard InChI is InChI=1S/C23H21F2N3S2/c1-15-20(21-13-17(25)6-9-22(21)26-15)10-11-28(14-19-3-2-12-30-19)23(29)27-18-7-4-16(24)5-8-18/h2-9,12-13,26H,10-11,14H2,1H3,(H,27,29). The van der Waals surface area contributed by atoms with Crippen LogP contribution in [0.2, 0.25) is 0 Å². The van der Waals surface area contributed by atoms with Crippen molar-refractivity contribution in [2.45, 2.75) is 19.9 Å². The van der Waals surface area contributed by atoms with Gasteiger partial charge in [-0.15, -0.1) is 11.3 Å². The molecule has 0 spiro atoms. The first-order chi connectivity index (χ1) is 14.5. The number of H-pyrrole nitrogens is 1. The molecule has 2 heterocycles. The number of anilines is 1. The average Bonchev–Trinajstić information content (AvgIpc) is 3.34.